The van der Waals surface area contributed by atoms with E-state index in [2.05, 4.69) is 39.8 Å². The van der Waals surface area contributed by atoms with Crippen LogP contribution in [0.2, 0.25) is 0 Å². The fraction of sp³-hybridized carbons (Fsp3) is 0.500. The molecule has 1 amide bonds. The Morgan fingerprint density at radius 3 is 3.14 bits per heavy atom. The van der Waals surface area contributed by atoms with E-state index in [1.165, 1.54) is 4.88 Å². The highest BCUT2D eigenvalue weighted by molar-refractivity contribution is 7.10. The molecule has 0 unspecified atom stereocenters. The number of hydrogen-bond donors (Lipinski definition) is 1. The van der Waals surface area contributed by atoms with Crippen LogP contribution in [0.25, 0.3) is 0 Å². The normalized spacial score (nSPS) is 20.2. The van der Waals surface area contributed by atoms with E-state index >= 15 is 0 Å². The monoisotopic (exact) mass is 319 g/mol. The van der Waals surface area contributed by atoms with Gasteiger partial charge in [-0.15, -0.1) is 11.3 Å². The quantitative estimate of drug-likeness (QED) is 0.915. The first-order valence-corrected chi connectivity index (χ1v) is 8.60. The maximum Gasteiger partial charge on any atom is 0.242 e. The number of likely N-dealkylation sites (tertiary alicyclic amines) is 1. The van der Waals surface area contributed by atoms with Gasteiger partial charge in [0.25, 0.3) is 0 Å². The summed E-state index contributed by atoms with van der Waals surface area (Å²) in [6.45, 7) is 4.84. The molecule has 0 aliphatic carbocycles. The van der Waals surface area contributed by atoms with E-state index in [1.807, 2.05) is 6.92 Å². The standard InChI is InChI=1S/C16H21N3O2S/c1-3-12(16(20)17-15-10-11(2)21-18-15)19-8-4-6-13(19)14-7-5-9-22-14/h5,7,9-10,12-13H,3-4,6,8H2,1-2H3,(H,17,18,20)/t12-,13-/m0/s1. The molecule has 1 saturated heterocycles. The number of thiophene rings is 1. The fourth-order valence-corrected chi connectivity index (χ4v) is 4.04. The lowest BCUT2D eigenvalue weighted by Gasteiger charge is -2.30. The molecule has 2 atom stereocenters. The van der Waals surface area contributed by atoms with Crippen LogP contribution in [0.3, 0.4) is 0 Å². The van der Waals surface area contributed by atoms with Gasteiger partial charge in [0, 0.05) is 17.0 Å². The SMILES string of the molecule is CC[C@@H](C(=O)Nc1cc(C)on1)N1CCC[C@H]1c1cccs1. The number of amides is 1. The number of aromatic nitrogens is 1. The van der Waals surface area contributed by atoms with E-state index in [0.29, 0.717) is 17.6 Å². The highest BCUT2D eigenvalue weighted by Crippen LogP contribution is 2.36. The summed E-state index contributed by atoms with van der Waals surface area (Å²) in [5.41, 5.74) is 0. The zero-order valence-electron chi connectivity index (χ0n) is 12.9. The topological polar surface area (TPSA) is 58.4 Å². The number of nitrogens with one attached hydrogen (secondary N) is 1. The average molecular weight is 319 g/mol. The van der Waals surface area contributed by atoms with E-state index in [1.54, 1.807) is 17.4 Å². The first-order valence-electron chi connectivity index (χ1n) is 7.72. The lowest BCUT2D eigenvalue weighted by Crippen LogP contribution is -2.43. The molecule has 3 heterocycles. The van der Waals surface area contributed by atoms with Crippen LogP contribution in [-0.2, 0) is 4.79 Å². The molecule has 5 nitrogen and oxygen atoms in total. The minimum absolute atomic E-state index is 0.000689. The first kappa shape index (κ1) is 15.2. The molecule has 1 aliphatic rings. The molecule has 22 heavy (non-hydrogen) atoms. The molecule has 0 spiro atoms. The summed E-state index contributed by atoms with van der Waals surface area (Å²) >= 11 is 1.77. The van der Waals surface area contributed by atoms with E-state index < -0.39 is 0 Å². The summed E-state index contributed by atoms with van der Waals surface area (Å²) in [5.74, 6) is 1.19. The Hall–Kier alpha value is -1.66. The van der Waals surface area contributed by atoms with Crippen molar-refractivity contribution in [1.82, 2.24) is 10.1 Å². The molecule has 2 aromatic heterocycles. The van der Waals surface area contributed by atoms with Gasteiger partial charge >= 0.3 is 0 Å². The smallest absolute Gasteiger partial charge is 0.242 e. The Morgan fingerprint density at radius 2 is 2.50 bits per heavy atom. The Labute approximate surface area is 134 Å². The lowest BCUT2D eigenvalue weighted by molar-refractivity contribution is -0.121. The Kier molecular flexibility index (Phi) is 4.59. The second-order valence-corrected chi connectivity index (χ2v) is 6.63. The summed E-state index contributed by atoms with van der Waals surface area (Å²) in [7, 11) is 0. The number of anilines is 1. The molecule has 0 saturated carbocycles. The summed E-state index contributed by atoms with van der Waals surface area (Å²) in [5, 5.41) is 8.82. The maximum absolute atomic E-state index is 12.6. The third-order valence-electron chi connectivity index (χ3n) is 4.13. The first-order chi connectivity index (χ1) is 10.7. The number of aryl methyl sites for hydroxylation is 1. The second-order valence-electron chi connectivity index (χ2n) is 5.65. The molecule has 2 aromatic rings. The molecule has 0 aromatic carbocycles. The molecule has 3 rings (SSSR count). The van der Waals surface area contributed by atoms with Gasteiger partial charge in [-0.05, 0) is 44.2 Å². The van der Waals surface area contributed by atoms with Crippen LogP contribution in [0.4, 0.5) is 5.82 Å². The van der Waals surface area contributed by atoms with E-state index in [-0.39, 0.29) is 11.9 Å². The number of carbonyl (C=O) groups is 1. The minimum atomic E-state index is -0.133. The van der Waals surface area contributed by atoms with Crippen LogP contribution in [0.1, 0.15) is 42.9 Å². The van der Waals surface area contributed by atoms with Crippen LogP contribution in [0.15, 0.2) is 28.1 Å². The molecule has 0 bridgehead atoms. The summed E-state index contributed by atoms with van der Waals surface area (Å²) in [4.78, 5) is 16.3. The van der Waals surface area contributed by atoms with Gasteiger partial charge in [-0.1, -0.05) is 18.1 Å². The fourth-order valence-electron chi connectivity index (χ4n) is 3.15. The predicted molar refractivity (Wildman–Crippen MR) is 86.9 cm³/mol. The van der Waals surface area contributed by atoms with Gasteiger partial charge < -0.3 is 9.84 Å². The Balaban J connectivity index is 1.73. The van der Waals surface area contributed by atoms with Crippen molar-refractivity contribution < 1.29 is 9.32 Å². The Bertz CT molecular complexity index is 623. The van der Waals surface area contributed by atoms with Crippen LogP contribution >= 0.6 is 11.3 Å². The van der Waals surface area contributed by atoms with Crippen LogP contribution in [0, 0.1) is 6.92 Å². The number of nitrogens with zero attached hydrogens (tertiary/aromatic N) is 2. The van der Waals surface area contributed by atoms with E-state index in [4.69, 9.17) is 4.52 Å². The van der Waals surface area contributed by atoms with Crippen molar-refractivity contribution in [1.29, 1.82) is 0 Å². The van der Waals surface area contributed by atoms with Crippen LogP contribution < -0.4 is 5.32 Å². The largest absolute Gasteiger partial charge is 0.360 e. The van der Waals surface area contributed by atoms with Gasteiger partial charge in [0.15, 0.2) is 5.82 Å². The van der Waals surface area contributed by atoms with Gasteiger partial charge in [-0.3, -0.25) is 9.69 Å². The van der Waals surface area contributed by atoms with Gasteiger partial charge in [0.1, 0.15) is 5.76 Å². The summed E-state index contributed by atoms with van der Waals surface area (Å²) < 4.78 is 5.01. The number of carbonyl (C=O) groups excluding carboxylic acids is 1. The van der Waals surface area contributed by atoms with Crippen molar-refractivity contribution in [2.24, 2.45) is 0 Å². The molecule has 6 heteroatoms. The predicted octanol–water partition coefficient (Wildman–Crippen LogP) is 3.60. The zero-order chi connectivity index (χ0) is 15.5. The van der Waals surface area contributed by atoms with Gasteiger partial charge in [-0.2, -0.15) is 0 Å². The second kappa shape index (κ2) is 6.62. The van der Waals surface area contributed by atoms with Crippen molar-refractivity contribution in [3.8, 4) is 0 Å². The highest BCUT2D eigenvalue weighted by atomic mass is 32.1. The summed E-state index contributed by atoms with van der Waals surface area (Å²) in [6.07, 6.45) is 3.04. The number of rotatable bonds is 5. The van der Waals surface area contributed by atoms with E-state index in [9.17, 15) is 4.79 Å². The van der Waals surface area contributed by atoms with Crippen molar-refractivity contribution in [2.45, 2.75) is 45.2 Å². The third kappa shape index (κ3) is 3.08. The number of hydrogen-bond acceptors (Lipinski definition) is 5. The van der Waals surface area contributed by atoms with Crippen molar-refractivity contribution in [3.63, 3.8) is 0 Å². The summed E-state index contributed by atoms with van der Waals surface area (Å²) in [6, 6.07) is 6.21. The van der Waals surface area contributed by atoms with Crippen molar-refractivity contribution in [3.05, 3.63) is 34.2 Å². The van der Waals surface area contributed by atoms with E-state index in [0.717, 1.165) is 25.8 Å². The highest BCUT2D eigenvalue weighted by Gasteiger charge is 2.35. The molecule has 1 N–H and O–H groups in total. The molecule has 118 valence electrons. The molecular weight excluding hydrogens is 298 g/mol. The molecule has 0 radical (unpaired) electrons. The van der Waals surface area contributed by atoms with Gasteiger partial charge in [0.05, 0.1) is 6.04 Å². The minimum Gasteiger partial charge on any atom is -0.360 e. The molecule has 1 fully saturated rings. The van der Waals surface area contributed by atoms with Crippen molar-refractivity contribution in [2.75, 3.05) is 11.9 Å². The molecule has 1 aliphatic heterocycles. The average Bonchev–Trinajstić information content (AvgIpc) is 3.20. The molecular formula is C16H21N3O2S. The van der Waals surface area contributed by atoms with Crippen LogP contribution in [0.5, 0.6) is 0 Å². The van der Waals surface area contributed by atoms with Gasteiger partial charge in [0.2, 0.25) is 5.91 Å². The van der Waals surface area contributed by atoms with Crippen molar-refractivity contribution >= 4 is 23.1 Å². The van der Waals surface area contributed by atoms with Crippen LogP contribution in [-0.4, -0.2) is 28.6 Å². The third-order valence-corrected chi connectivity index (χ3v) is 5.11. The van der Waals surface area contributed by atoms with Gasteiger partial charge in [-0.25, -0.2) is 0 Å². The maximum atomic E-state index is 12.6. The lowest BCUT2D eigenvalue weighted by atomic mass is 10.1. The Morgan fingerprint density at radius 1 is 1.64 bits per heavy atom. The zero-order valence-corrected chi connectivity index (χ0v) is 13.7.